The summed E-state index contributed by atoms with van der Waals surface area (Å²) in [6.45, 7) is 4.87. The van der Waals surface area contributed by atoms with E-state index in [0.29, 0.717) is 5.75 Å². The third-order valence-corrected chi connectivity index (χ3v) is 4.04. The molecule has 0 amide bonds. The van der Waals surface area contributed by atoms with Gasteiger partial charge in [-0.25, -0.2) is 0 Å². The Labute approximate surface area is 125 Å². The minimum atomic E-state index is 0.241. The van der Waals surface area contributed by atoms with E-state index in [1.165, 1.54) is 11.1 Å². The second kappa shape index (κ2) is 5.68. The Morgan fingerprint density at radius 1 is 1.14 bits per heavy atom. The second-order valence-corrected chi connectivity index (χ2v) is 5.68. The zero-order valence-corrected chi connectivity index (χ0v) is 12.5. The quantitative estimate of drug-likeness (QED) is 0.806. The van der Waals surface area contributed by atoms with Gasteiger partial charge < -0.3 is 15.2 Å². The second-order valence-electron chi connectivity index (χ2n) is 5.68. The molecule has 0 aromatic heterocycles. The molecule has 0 fully saturated rings. The van der Waals surface area contributed by atoms with Gasteiger partial charge in [-0.05, 0) is 56.0 Å². The standard InChI is InChI=1S/C18H21NO2/c1-12-5-3-6-15-17(7-4-10-21-18(12)15)19-16-9-8-14(20)11-13(16)2/h3,5-6,8-9,11,17,19-20H,4,7,10H2,1-2H3. The van der Waals surface area contributed by atoms with Crippen molar-refractivity contribution >= 4 is 5.69 Å². The van der Waals surface area contributed by atoms with Crippen LogP contribution in [0, 0.1) is 13.8 Å². The van der Waals surface area contributed by atoms with E-state index in [-0.39, 0.29) is 6.04 Å². The third kappa shape index (κ3) is 2.82. The maximum Gasteiger partial charge on any atom is 0.127 e. The van der Waals surface area contributed by atoms with E-state index in [9.17, 15) is 5.11 Å². The maximum absolute atomic E-state index is 9.53. The molecule has 110 valence electrons. The molecule has 0 bridgehead atoms. The van der Waals surface area contributed by atoms with Crippen molar-refractivity contribution in [2.24, 2.45) is 0 Å². The van der Waals surface area contributed by atoms with Crippen molar-refractivity contribution in [3.63, 3.8) is 0 Å². The highest BCUT2D eigenvalue weighted by Gasteiger charge is 2.21. The van der Waals surface area contributed by atoms with Crippen LogP contribution in [-0.2, 0) is 0 Å². The van der Waals surface area contributed by atoms with Crippen LogP contribution in [0.3, 0.4) is 0 Å². The Bertz CT molecular complexity index is 652. The highest BCUT2D eigenvalue weighted by atomic mass is 16.5. The van der Waals surface area contributed by atoms with Gasteiger partial charge in [-0.3, -0.25) is 0 Å². The normalized spacial score (nSPS) is 17.5. The fraction of sp³-hybridized carbons (Fsp3) is 0.333. The highest BCUT2D eigenvalue weighted by Crippen LogP contribution is 2.36. The average molecular weight is 283 g/mol. The van der Waals surface area contributed by atoms with Gasteiger partial charge in [0.05, 0.1) is 12.6 Å². The Balaban J connectivity index is 1.94. The molecule has 1 heterocycles. The monoisotopic (exact) mass is 283 g/mol. The fourth-order valence-corrected chi connectivity index (χ4v) is 2.91. The van der Waals surface area contributed by atoms with Gasteiger partial charge in [0.15, 0.2) is 0 Å². The molecule has 0 spiro atoms. The number of para-hydroxylation sites is 1. The average Bonchev–Trinajstić information content (AvgIpc) is 2.66. The summed E-state index contributed by atoms with van der Waals surface area (Å²) in [5, 5.41) is 13.1. The smallest absolute Gasteiger partial charge is 0.127 e. The topological polar surface area (TPSA) is 41.5 Å². The van der Waals surface area contributed by atoms with Crippen LogP contribution in [0.1, 0.15) is 35.6 Å². The lowest BCUT2D eigenvalue weighted by molar-refractivity contribution is 0.314. The Morgan fingerprint density at radius 2 is 2.00 bits per heavy atom. The molecule has 2 aromatic rings. The number of nitrogens with one attached hydrogen (secondary N) is 1. The van der Waals surface area contributed by atoms with Crippen LogP contribution < -0.4 is 10.1 Å². The van der Waals surface area contributed by atoms with E-state index in [1.807, 2.05) is 13.0 Å². The molecule has 2 N–H and O–H groups in total. The van der Waals surface area contributed by atoms with E-state index in [4.69, 9.17) is 4.74 Å². The molecule has 1 unspecified atom stereocenters. The summed E-state index contributed by atoms with van der Waals surface area (Å²) < 4.78 is 5.92. The lowest BCUT2D eigenvalue weighted by atomic mass is 9.99. The van der Waals surface area contributed by atoms with Crippen LogP contribution in [0.4, 0.5) is 5.69 Å². The first-order valence-corrected chi connectivity index (χ1v) is 7.43. The minimum Gasteiger partial charge on any atom is -0.508 e. The summed E-state index contributed by atoms with van der Waals surface area (Å²) in [7, 11) is 0. The van der Waals surface area contributed by atoms with Gasteiger partial charge in [0.25, 0.3) is 0 Å². The molecule has 3 nitrogen and oxygen atoms in total. The van der Waals surface area contributed by atoms with E-state index < -0.39 is 0 Å². The zero-order valence-electron chi connectivity index (χ0n) is 12.5. The van der Waals surface area contributed by atoms with E-state index in [2.05, 4.69) is 30.4 Å². The van der Waals surface area contributed by atoms with Crippen molar-refractivity contribution in [1.29, 1.82) is 0 Å². The van der Waals surface area contributed by atoms with Crippen LogP contribution in [0.5, 0.6) is 11.5 Å². The number of rotatable bonds is 2. The summed E-state index contributed by atoms with van der Waals surface area (Å²) in [5.41, 5.74) is 4.52. The molecule has 2 aromatic carbocycles. The van der Waals surface area contributed by atoms with Crippen LogP contribution in [-0.4, -0.2) is 11.7 Å². The summed E-state index contributed by atoms with van der Waals surface area (Å²) >= 11 is 0. The molecule has 3 heteroatoms. The first-order chi connectivity index (χ1) is 10.1. The Morgan fingerprint density at radius 3 is 2.81 bits per heavy atom. The number of phenolic OH excluding ortho intramolecular Hbond substituents is 1. The lowest BCUT2D eigenvalue weighted by Gasteiger charge is -2.21. The lowest BCUT2D eigenvalue weighted by Crippen LogP contribution is -2.11. The van der Waals surface area contributed by atoms with Crippen molar-refractivity contribution in [2.45, 2.75) is 32.7 Å². The number of phenols is 1. The molecule has 1 atom stereocenters. The molecule has 3 rings (SSSR count). The molecule has 0 saturated heterocycles. The molecule has 1 aliphatic heterocycles. The summed E-state index contributed by atoms with van der Waals surface area (Å²) in [6.07, 6.45) is 2.07. The van der Waals surface area contributed by atoms with Gasteiger partial charge in [0.1, 0.15) is 11.5 Å². The van der Waals surface area contributed by atoms with Gasteiger partial charge in [0, 0.05) is 11.3 Å². The number of aryl methyl sites for hydroxylation is 2. The third-order valence-electron chi connectivity index (χ3n) is 4.04. The summed E-state index contributed by atoms with van der Waals surface area (Å²) in [6, 6.07) is 12.0. The number of fused-ring (bicyclic) bond motifs is 1. The van der Waals surface area contributed by atoms with Crippen molar-refractivity contribution in [3.05, 3.63) is 53.1 Å². The number of hydrogen-bond donors (Lipinski definition) is 2. The SMILES string of the molecule is Cc1cc(O)ccc1NC1CCCOc2c(C)cccc21. The molecule has 21 heavy (non-hydrogen) atoms. The Hall–Kier alpha value is -2.16. The fourth-order valence-electron chi connectivity index (χ4n) is 2.91. The maximum atomic E-state index is 9.53. The predicted molar refractivity (Wildman–Crippen MR) is 85.1 cm³/mol. The summed E-state index contributed by atoms with van der Waals surface area (Å²) in [5.74, 6) is 1.32. The molecule has 0 saturated carbocycles. The largest absolute Gasteiger partial charge is 0.508 e. The minimum absolute atomic E-state index is 0.241. The molecule has 1 aliphatic rings. The molecular formula is C18H21NO2. The van der Waals surface area contributed by atoms with Crippen LogP contribution in [0.25, 0.3) is 0 Å². The molecule has 0 radical (unpaired) electrons. The van der Waals surface area contributed by atoms with Gasteiger partial charge in [-0.2, -0.15) is 0 Å². The Kier molecular flexibility index (Phi) is 3.74. The van der Waals surface area contributed by atoms with Crippen LogP contribution in [0.2, 0.25) is 0 Å². The van der Waals surface area contributed by atoms with Crippen molar-refractivity contribution in [3.8, 4) is 11.5 Å². The van der Waals surface area contributed by atoms with E-state index >= 15 is 0 Å². The molecule has 0 aliphatic carbocycles. The van der Waals surface area contributed by atoms with Gasteiger partial charge in [-0.1, -0.05) is 18.2 Å². The predicted octanol–water partition coefficient (Wildman–Crippen LogP) is 4.33. The number of hydrogen-bond acceptors (Lipinski definition) is 3. The van der Waals surface area contributed by atoms with Gasteiger partial charge in [0.2, 0.25) is 0 Å². The van der Waals surface area contributed by atoms with E-state index in [1.54, 1.807) is 12.1 Å². The van der Waals surface area contributed by atoms with E-state index in [0.717, 1.165) is 36.4 Å². The zero-order chi connectivity index (χ0) is 14.8. The van der Waals surface area contributed by atoms with Gasteiger partial charge in [-0.15, -0.1) is 0 Å². The summed E-state index contributed by atoms with van der Waals surface area (Å²) in [4.78, 5) is 0. The number of aromatic hydroxyl groups is 1. The first kappa shape index (κ1) is 13.8. The van der Waals surface area contributed by atoms with Crippen LogP contribution in [0.15, 0.2) is 36.4 Å². The van der Waals surface area contributed by atoms with Crippen molar-refractivity contribution in [2.75, 3.05) is 11.9 Å². The number of benzene rings is 2. The van der Waals surface area contributed by atoms with Crippen LogP contribution >= 0.6 is 0 Å². The van der Waals surface area contributed by atoms with Crippen molar-refractivity contribution < 1.29 is 9.84 Å². The highest BCUT2D eigenvalue weighted by molar-refractivity contribution is 5.56. The van der Waals surface area contributed by atoms with Gasteiger partial charge >= 0.3 is 0 Å². The number of anilines is 1. The van der Waals surface area contributed by atoms with Crippen molar-refractivity contribution in [1.82, 2.24) is 0 Å². The number of ether oxygens (including phenoxy) is 1. The molecular weight excluding hydrogens is 262 g/mol. The first-order valence-electron chi connectivity index (χ1n) is 7.43.